The Bertz CT molecular complexity index is 507. The van der Waals surface area contributed by atoms with E-state index in [4.69, 9.17) is 10.2 Å². The summed E-state index contributed by atoms with van der Waals surface area (Å²) >= 11 is 0. The van der Waals surface area contributed by atoms with Gasteiger partial charge in [0, 0.05) is 6.26 Å². The zero-order valence-electron chi connectivity index (χ0n) is 10.5. The molecule has 1 rings (SSSR count). The molecule has 102 valence electrons. The van der Waals surface area contributed by atoms with E-state index >= 15 is 0 Å². The number of amides is 1. The molecule has 0 bridgehead atoms. The lowest BCUT2D eigenvalue weighted by Gasteiger charge is -2.10. The Morgan fingerprint density at radius 3 is 2.67 bits per heavy atom. The number of carbonyl (C=O) groups excluding carboxylic acids is 1. The first-order valence-electron chi connectivity index (χ1n) is 5.54. The van der Waals surface area contributed by atoms with Crippen LogP contribution in [0.5, 0.6) is 0 Å². The van der Waals surface area contributed by atoms with E-state index in [1.54, 1.807) is 12.1 Å². The first kappa shape index (κ1) is 14.7. The minimum Gasteiger partial charge on any atom is -0.465 e. The molecule has 1 atom stereocenters. The molecule has 0 aliphatic carbocycles. The van der Waals surface area contributed by atoms with Crippen molar-refractivity contribution < 1.29 is 17.6 Å². The molecule has 0 spiro atoms. The number of rotatable bonds is 6. The third kappa shape index (κ3) is 5.33. The number of furan rings is 1. The van der Waals surface area contributed by atoms with Gasteiger partial charge < -0.3 is 15.5 Å². The van der Waals surface area contributed by atoms with Gasteiger partial charge in [-0.25, -0.2) is 8.42 Å². The number of hydrogen-bond acceptors (Lipinski definition) is 5. The lowest BCUT2D eigenvalue weighted by atomic mass is 10.2. The van der Waals surface area contributed by atoms with Crippen LogP contribution < -0.4 is 11.1 Å². The maximum atomic E-state index is 11.6. The minimum atomic E-state index is -3.09. The molecule has 1 aromatic heterocycles. The smallest absolute Gasteiger partial charge is 0.237 e. The van der Waals surface area contributed by atoms with Crippen LogP contribution in [-0.2, 0) is 21.2 Å². The van der Waals surface area contributed by atoms with Crippen molar-refractivity contribution in [3.05, 3.63) is 23.7 Å². The van der Waals surface area contributed by atoms with Gasteiger partial charge >= 0.3 is 0 Å². The third-order valence-electron chi connectivity index (χ3n) is 2.37. The van der Waals surface area contributed by atoms with Crippen LogP contribution in [0.1, 0.15) is 17.9 Å². The molecule has 0 aliphatic heterocycles. The lowest BCUT2D eigenvalue weighted by molar-refractivity contribution is -0.122. The van der Waals surface area contributed by atoms with Crippen LogP contribution in [0.25, 0.3) is 0 Å². The van der Waals surface area contributed by atoms with E-state index in [1.165, 1.54) is 0 Å². The van der Waals surface area contributed by atoms with Gasteiger partial charge in [0.05, 0.1) is 18.3 Å². The number of nitrogens with two attached hydrogens (primary N) is 1. The van der Waals surface area contributed by atoms with Crippen molar-refractivity contribution in [2.75, 3.05) is 12.0 Å². The molecule has 1 aromatic rings. The first-order valence-corrected chi connectivity index (χ1v) is 7.60. The molecule has 0 radical (unpaired) electrons. The quantitative estimate of drug-likeness (QED) is 0.758. The van der Waals surface area contributed by atoms with E-state index < -0.39 is 15.9 Å². The van der Waals surface area contributed by atoms with Gasteiger partial charge in [0.1, 0.15) is 21.4 Å². The Balaban J connectivity index is 2.36. The molecule has 18 heavy (non-hydrogen) atoms. The first-order chi connectivity index (χ1) is 8.28. The normalized spacial score (nSPS) is 13.3. The molecule has 6 nitrogen and oxygen atoms in total. The van der Waals surface area contributed by atoms with Gasteiger partial charge in [0.2, 0.25) is 5.91 Å². The van der Waals surface area contributed by atoms with Crippen molar-refractivity contribution in [2.45, 2.75) is 25.9 Å². The fourth-order valence-electron chi connectivity index (χ4n) is 1.36. The Morgan fingerprint density at radius 1 is 1.50 bits per heavy atom. The monoisotopic (exact) mass is 274 g/mol. The SMILES string of the molecule is Cc1ccc(CNC(=O)C(N)CCS(C)(=O)=O)o1. The average Bonchev–Trinajstić information content (AvgIpc) is 2.67. The van der Waals surface area contributed by atoms with Crippen LogP contribution in [0, 0.1) is 6.92 Å². The average molecular weight is 274 g/mol. The summed E-state index contributed by atoms with van der Waals surface area (Å²) in [5.74, 6) is 0.922. The van der Waals surface area contributed by atoms with Crippen LogP contribution in [0.2, 0.25) is 0 Å². The molecular weight excluding hydrogens is 256 g/mol. The molecule has 0 aromatic carbocycles. The summed E-state index contributed by atoms with van der Waals surface area (Å²) < 4.78 is 27.2. The second-order valence-electron chi connectivity index (χ2n) is 4.26. The summed E-state index contributed by atoms with van der Waals surface area (Å²) in [7, 11) is -3.09. The van der Waals surface area contributed by atoms with E-state index in [0.29, 0.717) is 5.76 Å². The van der Waals surface area contributed by atoms with Crippen molar-refractivity contribution in [1.82, 2.24) is 5.32 Å². The molecule has 1 heterocycles. The lowest BCUT2D eigenvalue weighted by Crippen LogP contribution is -2.41. The highest BCUT2D eigenvalue weighted by molar-refractivity contribution is 7.90. The second-order valence-corrected chi connectivity index (χ2v) is 6.51. The van der Waals surface area contributed by atoms with Crippen LogP contribution in [0.15, 0.2) is 16.5 Å². The number of sulfone groups is 1. The molecule has 1 unspecified atom stereocenters. The summed E-state index contributed by atoms with van der Waals surface area (Å²) in [5, 5.41) is 2.60. The summed E-state index contributed by atoms with van der Waals surface area (Å²) in [6, 6.07) is 2.73. The van der Waals surface area contributed by atoms with Crippen LogP contribution >= 0.6 is 0 Å². The highest BCUT2D eigenvalue weighted by Crippen LogP contribution is 2.05. The van der Waals surface area contributed by atoms with E-state index in [2.05, 4.69) is 5.32 Å². The van der Waals surface area contributed by atoms with E-state index in [-0.39, 0.29) is 24.6 Å². The molecule has 0 saturated carbocycles. The maximum Gasteiger partial charge on any atom is 0.237 e. The zero-order valence-corrected chi connectivity index (χ0v) is 11.3. The van der Waals surface area contributed by atoms with E-state index in [9.17, 15) is 13.2 Å². The standard InChI is InChI=1S/C11H18N2O4S/c1-8-3-4-9(17-8)7-13-11(14)10(12)5-6-18(2,15)16/h3-4,10H,5-7,12H2,1-2H3,(H,13,14). The van der Waals surface area contributed by atoms with Gasteiger partial charge in [-0.15, -0.1) is 0 Å². The predicted octanol–water partition coefficient (Wildman–Crippen LogP) is -0.0338. The highest BCUT2D eigenvalue weighted by atomic mass is 32.2. The van der Waals surface area contributed by atoms with Crippen molar-refractivity contribution in [1.29, 1.82) is 0 Å². The van der Waals surface area contributed by atoms with Gasteiger partial charge in [-0.3, -0.25) is 4.79 Å². The van der Waals surface area contributed by atoms with Gasteiger partial charge in [-0.2, -0.15) is 0 Å². The Morgan fingerprint density at radius 2 is 2.17 bits per heavy atom. The van der Waals surface area contributed by atoms with Gasteiger partial charge in [-0.1, -0.05) is 0 Å². The van der Waals surface area contributed by atoms with Crippen molar-refractivity contribution >= 4 is 15.7 Å². The van der Waals surface area contributed by atoms with Gasteiger partial charge in [-0.05, 0) is 25.5 Å². The van der Waals surface area contributed by atoms with E-state index in [1.807, 2.05) is 6.92 Å². The second kappa shape index (κ2) is 6.01. The van der Waals surface area contributed by atoms with Crippen LogP contribution in [0.3, 0.4) is 0 Å². The number of carbonyl (C=O) groups is 1. The third-order valence-corrected chi connectivity index (χ3v) is 3.35. The maximum absolute atomic E-state index is 11.6. The summed E-state index contributed by atoms with van der Waals surface area (Å²) in [6.45, 7) is 2.06. The summed E-state index contributed by atoms with van der Waals surface area (Å²) in [5.41, 5.74) is 5.59. The molecule has 0 fully saturated rings. The predicted molar refractivity (Wildman–Crippen MR) is 67.6 cm³/mol. The summed E-state index contributed by atoms with van der Waals surface area (Å²) in [4.78, 5) is 11.6. The van der Waals surface area contributed by atoms with E-state index in [0.717, 1.165) is 12.0 Å². The molecule has 0 saturated heterocycles. The number of nitrogens with one attached hydrogen (secondary N) is 1. The molecule has 1 amide bonds. The molecule has 0 aliphatic rings. The van der Waals surface area contributed by atoms with Crippen molar-refractivity contribution in [2.24, 2.45) is 5.73 Å². The van der Waals surface area contributed by atoms with Crippen molar-refractivity contribution in [3.63, 3.8) is 0 Å². The number of aryl methyl sites for hydroxylation is 1. The highest BCUT2D eigenvalue weighted by Gasteiger charge is 2.15. The van der Waals surface area contributed by atoms with Crippen LogP contribution in [0.4, 0.5) is 0 Å². The summed E-state index contributed by atoms with van der Waals surface area (Å²) in [6.07, 6.45) is 1.23. The minimum absolute atomic E-state index is 0.0958. The fraction of sp³-hybridized carbons (Fsp3) is 0.545. The largest absolute Gasteiger partial charge is 0.465 e. The van der Waals surface area contributed by atoms with Gasteiger partial charge in [0.15, 0.2) is 0 Å². The van der Waals surface area contributed by atoms with Crippen LogP contribution in [-0.4, -0.2) is 32.4 Å². The zero-order chi connectivity index (χ0) is 13.8. The Labute approximate surface area is 106 Å². The molecule has 3 N–H and O–H groups in total. The number of hydrogen-bond donors (Lipinski definition) is 2. The fourth-order valence-corrected chi connectivity index (χ4v) is 2.04. The Hall–Kier alpha value is -1.34. The Kier molecular flexibility index (Phi) is 4.92. The molecular formula is C11H18N2O4S. The van der Waals surface area contributed by atoms with Crippen molar-refractivity contribution in [3.8, 4) is 0 Å². The van der Waals surface area contributed by atoms with Gasteiger partial charge in [0.25, 0.3) is 0 Å². The molecule has 7 heteroatoms. The topological polar surface area (TPSA) is 102 Å².